The van der Waals surface area contributed by atoms with Crippen LogP contribution in [0.4, 0.5) is 0 Å². The predicted molar refractivity (Wildman–Crippen MR) is 78.3 cm³/mol. The first-order valence-electron chi connectivity index (χ1n) is 6.68. The topological polar surface area (TPSA) is 71.0 Å². The normalized spacial score (nSPS) is 12.3. The van der Waals surface area contributed by atoms with E-state index in [4.69, 9.17) is 26.2 Å². The SMILES string of the molecule is OCCOCCCNCC(O)COc1cccc(Cl)c1. The van der Waals surface area contributed by atoms with Gasteiger partial charge in [-0.25, -0.2) is 0 Å². The first kappa shape index (κ1) is 17.2. The van der Waals surface area contributed by atoms with E-state index in [2.05, 4.69) is 5.32 Å². The van der Waals surface area contributed by atoms with Crippen LogP contribution in [0.15, 0.2) is 24.3 Å². The second-order valence-electron chi connectivity index (χ2n) is 4.32. The average molecular weight is 304 g/mol. The average Bonchev–Trinajstić information content (AvgIpc) is 2.44. The van der Waals surface area contributed by atoms with Crippen molar-refractivity contribution in [1.29, 1.82) is 0 Å². The molecule has 1 unspecified atom stereocenters. The molecule has 0 bridgehead atoms. The van der Waals surface area contributed by atoms with Crippen molar-refractivity contribution in [3.8, 4) is 5.75 Å². The minimum Gasteiger partial charge on any atom is -0.491 e. The Bertz CT molecular complexity index is 365. The number of nitrogens with one attached hydrogen (secondary N) is 1. The third-order valence-corrected chi connectivity index (χ3v) is 2.73. The number of hydrogen-bond acceptors (Lipinski definition) is 5. The molecule has 0 radical (unpaired) electrons. The van der Waals surface area contributed by atoms with Crippen LogP contribution >= 0.6 is 11.6 Å². The Labute approximate surface area is 124 Å². The van der Waals surface area contributed by atoms with E-state index in [1.165, 1.54) is 0 Å². The lowest BCUT2D eigenvalue weighted by Crippen LogP contribution is -2.32. The maximum atomic E-state index is 9.74. The largest absolute Gasteiger partial charge is 0.491 e. The summed E-state index contributed by atoms with van der Waals surface area (Å²) in [6.07, 6.45) is 0.259. The highest BCUT2D eigenvalue weighted by Crippen LogP contribution is 2.17. The Morgan fingerprint density at radius 1 is 1.30 bits per heavy atom. The number of halogens is 1. The van der Waals surface area contributed by atoms with E-state index in [0.29, 0.717) is 30.5 Å². The van der Waals surface area contributed by atoms with Crippen LogP contribution in [-0.2, 0) is 4.74 Å². The lowest BCUT2D eigenvalue weighted by molar-refractivity contribution is 0.0875. The molecule has 0 aliphatic heterocycles. The number of rotatable bonds is 11. The summed E-state index contributed by atoms with van der Waals surface area (Å²) in [7, 11) is 0. The molecular weight excluding hydrogens is 282 g/mol. The smallest absolute Gasteiger partial charge is 0.120 e. The Balaban J connectivity index is 2.01. The molecule has 1 aromatic carbocycles. The molecule has 0 saturated heterocycles. The summed E-state index contributed by atoms with van der Waals surface area (Å²) in [5, 5.41) is 22.0. The van der Waals surface area contributed by atoms with Crippen LogP contribution < -0.4 is 10.1 Å². The zero-order chi connectivity index (χ0) is 14.6. The highest BCUT2D eigenvalue weighted by atomic mass is 35.5. The molecule has 1 aromatic rings. The van der Waals surface area contributed by atoms with Crippen LogP contribution in [0.3, 0.4) is 0 Å². The van der Waals surface area contributed by atoms with E-state index in [1.54, 1.807) is 24.3 Å². The summed E-state index contributed by atoms with van der Waals surface area (Å²) in [5.41, 5.74) is 0. The van der Waals surface area contributed by atoms with Crippen LogP contribution in [0.2, 0.25) is 5.02 Å². The highest BCUT2D eigenvalue weighted by Gasteiger charge is 2.04. The standard InChI is InChI=1S/C14H22ClNO4/c15-12-3-1-4-14(9-12)20-11-13(18)10-16-5-2-7-19-8-6-17/h1,3-4,9,13,16-18H,2,5-8,10-11H2. The number of aliphatic hydroxyl groups is 2. The van der Waals surface area contributed by atoms with Gasteiger partial charge in [0.15, 0.2) is 0 Å². The molecule has 0 aliphatic carbocycles. The van der Waals surface area contributed by atoms with Gasteiger partial charge in [0.2, 0.25) is 0 Å². The van der Waals surface area contributed by atoms with Crippen molar-refractivity contribution in [3.05, 3.63) is 29.3 Å². The molecule has 5 nitrogen and oxygen atoms in total. The van der Waals surface area contributed by atoms with E-state index >= 15 is 0 Å². The van der Waals surface area contributed by atoms with Crippen LogP contribution in [0.5, 0.6) is 5.75 Å². The Hall–Kier alpha value is -0.850. The van der Waals surface area contributed by atoms with Gasteiger partial charge in [-0.05, 0) is 31.2 Å². The first-order chi connectivity index (χ1) is 9.72. The van der Waals surface area contributed by atoms with Gasteiger partial charge in [0.25, 0.3) is 0 Å². The van der Waals surface area contributed by atoms with Crippen LogP contribution in [0, 0.1) is 0 Å². The van der Waals surface area contributed by atoms with Crippen molar-refractivity contribution in [2.24, 2.45) is 0 Å². The fraction of sp³-hybridized carbons (Fsp3) is 0.571. The fourth-order valence-electron chi connectivity index (χ4n) is 1.54. The van der Waals surface area contributed by atoms with Crippen LogP contribution in [0.25, 0.3) is 0 Å². The molecule has 1 rings (SSSR count). The lowest BCUT2D eigenvalue weighted by Gasteiger charge is -2.13. The molecule has 0 fully saturated rings. The molecule has 0 aromatic heterocycles. The Kier molecular flexibility index (Phi) is 9.36. The van der Waals surface area contributed by atoms with Gasteiger partial charge < -0.3 is 25.0 Å². The van der Waals surface area contributed by atoms with Crippen molar-refractivity contribution < 1.29 is 19.7 Å². The third kappa shape index (κ3) is 8.35. The zero-order valence-corrected chi connectivity index (χ0v) is 12.2. The van der Waals surface area contributed by atoms with Gasteiger partial charge in [-0.15, -0.1) is 0 Å². The molecule has 3 N–H and O–H groups in total. The minimum atomic E-state index is -0.577. The second kappa shape index (κ2) is 10.9. The molecule has 6 heteroatoms. The summed E-state index contributed by atoms with van der Waals surface area (Å²) in [6, 6.07) is 7.07. The molecule has 0 spiro atoms. The number of benzene rings is 1. The molecular formula is C14H22ClNO4. The second-order valence-corrected chi connectivity index (χ2v) is 4.75. The molecule has 114 valence electrons. The lowest BCUT2D eigenvalue weighted by atomic mass is 10.3. The van der Waals surface area contributed by atoms with E-state index in [9.17, 15) is 5.11 Å². The monoisotopic (exact) mass is 303 g/mol. The van der Waals surface area contributed by atoms with Crippen LogP contribution in [-0.4, -0.2) is 55.8 Å². The summed E-state index contributed by atoms with van der Waals surface area (Å²) < 4.78 is 10.5. The number of hydrogen-bond donors (Lipinski definition) is 3. The van der Waals surface area contributed by atoms with Gasteiger partial charge in [0, 0.05) is 18.2 Å². The van der Waals surface area contributed by atoms with Crippen molar-refractivity contribution in [2.45, 2.75) is 12.5 Å². The molecule has 20 heavy (non-hydrogen) atoms. The van der Waals surface area contributed by atoms with E-state index in [1.807, 2.05) is 0 Å². The van der Waals surface area contributed by atoms with Gasteiger partial charge >= 0.3 is 0 Å². The van der Waals surface area contributed by atoms with E-state index in [-0.39, 0.29) is 13.2 Å². The van der Waals surface area contributed by atoms with Gasteiger partial charge in [-0.1, -0.05) is 17.7 Å². The molecule has 0 aliphatic rings. The van der Waals surface area contributed by atoms with Crippen molar-refractivity contribution in [2.75, 3.05) is 39.5 Å². The van der Waals surface area contributed by atoms with Crippen molar-refractivity contribution >= 4 is 11.6 Å². The third-order valence-electron chi connectivity index (χ3n) is 2.50. The molecule has 0 heterocycles. The Morgan fingerprint density at radius 3 is 2.90 bits per heavy atom. The van der Waals surface area contributed by atoms with Gasteiger partial charge in [-0.2, -0.15) is 0 Å². The highest BCUT2D eigenvalue weighted by molar-refractivity contribution is 6.30. The molecule has 1 atom stereocenters. The number of aliphatic hydroxyl groups excluding tert-OH is 2. The first-order valence-corrected chi connectivity index (χ1v) is 7.06. The molecule has 0 amide bonds. The van der Waals surface area contributed by atoms with Crippen molar-refractivity contribution in [1.82, 2.24) is 5.32 Å². The molecule has 0 saturated carbocycles. The van der Waals surface area contributed by atoms with E-state index in [0.717, 1.165) is 13.0 Å². The van der Waals surface area contributed by atoms with Crippen LogP contribution in [0.1, 0.15) is 6.42 Å². The number of ether oxygens (including phenoxy) is 2. The Morgan fingerprint density at radius 2 is 2.15 bits per heavy atom. The maximum Gasteiger partial charge on any atom is 0.120 e. The summed E-state index contributed by atoms with van der Waals surface area (Å²) in [6.45, 7) is 2.44. The summed E-state index contributed by atoms with van der Waals surface area (Å²) >= 11 is 5.83. The summed E-state index contributed by atoms with van der Waals surface area (Å²) in [5.74, 6) is 0.647. The minimum absolute atomic E-state index is 0.0486. The van der Waals surface area contributed by atoms with Gasteiger partial charge in [0.05, 0.1) is 13.2 Å². The van der Waals surface area contributed by atoms with Crippen molar-refractivity contribution in [3.63, 3.8) is 0 Å². The van der Waals surface area contributed by atoms with Gasteiger partial charge in [-0.3, -0.25) is 0 Å². The van der Waals surface area contributed by atoms with Gasteiger partial charge in [0.1, 0.15) is 18.5 Å². The quantitative estimate of drug-likeness (QED) is 0.533. The summed E-state index contributed by atoms with van der Waals surface area (Å²) in [4.78, 5) is 0. The van der Waals surface area contributed by atoms with E-state index < -0.39 is 6.10 Å². The maximum absolute atomic E-state index is 9.74. The predicted octanol–water partition coefficient (Wildman–Crippen LogP) is 1.07. The zero-order valence-electron chi connectivity index (χ0n) is 11.4. The fourth-order valence-corrected chi connectivity index (χ4v) is 1.72.